The predicted molar refractivity (Wildman–Crippen MR) is 41.5 cm³/mol. The lowest BCUT2D eigenvalue weighted by Gasteiger charge is -2.19. The topological polar surface area (TPSA) is 93.0 Å². The molecule has 0 aliphatic carbocycles. The summed E-state index contributed by atoms with van der Waals surface area (Å²) in [6.45, 7) is 1.28. The van der Waals surface area contributed by atoms with Gasteiger partial charge in [-0.05, 0) is 6.92 Å². The van der Waals surface area contributed by atoms with E-state index in [1.165, 1.54) is 0 Å². The van der Waals surface area contributed by atoms with Crippen LogP contribution in [0.5, 0.6) is 0 Å². The van der Waals surface area contributed by atoms with Crippen molar-refractivity contribution in [1.82, 2.24) is 5.32 Å². The van der Waals surface area contributed by atoms with Crippen LogP contribution in [0.1, 0.15) is 6.92 Å². The highest BCUT2D eigenvalue weighted by Gasteiger charge is 2.41. The quantitative estimate of drug-likeness (QED) is 0.319. The fraction of sp³-hybridized carbons (Fsp3) is 1.00. The first kappa shape index (κ1) is 9.88. The molecule has 0 radical (unpaired) electrons. The Kier molecular flexibility index (Phi) is 3.03. The van der Waals surface area contributed by atoms with E-state index in [-0.39, 0.29) is 6.04 Å². The second kappa shape index (κ2) is 3.68. The number of hydrogen-bond acceptors (Lipinski definition) is 5. The summed E-state index contributed by atoms with van der Waals surface area (Å²) in [5, 5.41) is 39.2. The van der Waals surface area contributed by atoms with Gasteiger partial charge in [0.2, 0.25) is 0 Å². The molecule has 5 atom stereocenters. The number of nitrogens with one attached hydrogen (secondary N) is 1. The maximum absolute atomic E-state index is 9.35. The fourth-order valence-corrected chi connectivity index (χ4v) is 1.46. The van der Waals surface area contributed by atoms with Gasteiger partial charge in [-0.1, -0.05) is 0 Å². The minimum absolute atomic E-state index is 0.258. The molecule has 5 N–H and O–H groups in total. The van der Waals surface area contributed by atoms with E-state index < -0.39 is 31.0 Å². The summed E-state index contributed by atoms with van der Waals surface area (Å²) in [5.74, 6) is 0. The van der Waals surface area contributed by atoms with Gasteiger partial charge in [0.05, 0.1) is 31.0 Å². The van der Waals surface area contributed by atoms with Crippen LogP contribution in [0.15, 0.2) is 0 Å². The van der Waals surface area contributed by atoms with Crippen molar-refractivity contribution in [3.63, 3.8) is 0 Å². The minimum Gasteiger partial charge on any atom is -0.394 e. The first-order valence-corrected chi connectivity index (χ1v) is 3.99. The Labute approximate surface area is 70.6 Å². The predicted octanol–water partition coefficient (Wildman–Crippen LogP) is -2.58. The molecule has 0 saturated carbocycles. The molecule has 0 aromatic rings. The molecule has 0 amide bonds. The van der Waals surface area contributed by atoms with Crippen molar-refractivity contribution in [2.45, 2.75) is 37.3 Å². The molecule has 1 heterocycles. The molecule has 72 valence electrons. The van der Waals surface area contributed by atoms with E-state index in [4.69, 9.17) is 5.11 Å². The zero-order valence-corrected chi connectivity index (χ0v) is 6.88. The number of aliphatic hydroxyl groups excluding tert-OH is 4. The Morgan fingerprint density at radius 2 is 1.92 bits per heavy atom. The van der Waals surface area contributed by atoms with Crippen LogP contribution in [-0.2, 0) is 0 Å². The first-order valence-electron chi connectivity index (χ1n) is 3.99. The lowest BCUT2D eigenvalue weighted by molar-refractivity contribution is -0.0123. The van der Waals surface area contributed by atoms with Gasteiger partial charge in [0.1, 0.15) is 0 Å². The van der Waals surface area contributed by atoms with Crippen molar-refractivity contribution in [2.75, 3.05) is 6.61 Å². The van der Waals surface area contributed by atoms with Crippen LogP contribution < -0.4 is 5.32 Å². The molecule has 1 aliphatic rings. The zero-order valence-electron chi connectivity index (χ0n) is 6.88. The second-order valence-corrected chi connectivity index (χ2v) is 3.21. The van der Waals surface area contributed by atoms with Gasteiger partial charge >= 0.3 is 0 Å². The summed E-state index contributed by atoms with van der Waals surface area (Å²) in [4.78, 5) is 0. The molecule has 5 nitrogen and oxygen atoms in total. The Hall–Kier alpha value is -0.200. The Morgan fingerprint density at radius 3 is 2.25 bits per heavy atom. The van der Waals surface area contributed by atoms with E-state index >= 15 is 0 Å². The minimum atomic E-state index is -1.03. The van der Waals surface area contributed by atoms with Crippen LogP contribution >= 0.6 is 0 Å². The lowest BCUT2D eigenvalue weighted by atomic mass is 10.0. The Bertz CT molecular complexity index is 154. The molecule has 1 fully saturated rings. The monoisotopic (exact) mass is 177 g/mol. The highest BCUT2D eigenvalue weighted by Crippen LogP contribution is 2.16. The summed E-state index contributed by atoms with van der Waals surface area (Å²) in [5.41, 5.74) is 0. The molecule has 1 unspecified atom stereocenters. The second-order valence-electron chi connectivity index (χ2n) is 3.21. The molecule has 1 rings (SSSR count). The molecule has 0 spiro atoms. The third-order valence-electron chi connectivity index (χ3n) is 2.29. The highest BCUT2D eigenvalue weighted by atomic mass is 16.3. The van der Waals surface area contributed by atoms with Gasteiger partial charge in [-0.25, -0.2) is 0 Å². The van der Waals surface area contributed by atoms with Crippen molar-refractivity contribution in [1.29, 1.82) is 0 Å². The van der Waals surface area contributed by atoms with E-state index in [9.17, 15) is 15.3 Å². The van der Waals surface area contributed by atoms with Crippen molar-refractivity contribution in [2.24, 2.45) is 0 Å². The average molecular weight is 177 g/mol. The SMILES string of the molecule is C[C@@H]1N[C@H](C(O)CO)[C@H](O)[C@H]1O. The van der Waals surface area contributed by atoms with Crippen molar-refractivity contribution < 1.29 is 20.4 Å². The smallest absolute Gasteiger partial charge is 0.0993 e. The van der Waals surface area contributed by atoms with Crippen LogP contribution in [0.2, 0.25) is 0 Å². The summed E-state index contributed by atoms with van der Waals surface area (Å²) < 4.78 is 0. The van der Waals surface area contributed by atoms with E-state index in [1.54, 1.807) is 6.92 Å². The standard InChI is InChI=1S/C7H15NO4/c1-3-6(11)7(12)5(8-3)4(10)2-9/h3-12H,2H2,1H3/t3-,4?,5+,6-,7-/m0/s1. The van der Waals surface area contributed by atoms with E-state index in [0.717, 1.165) is 0 Å². The molecule has 5 heteroatoms. The lowest BCUT2D eigenvalue weighted by Crippen LogP contribution is -2.45. The molecule has 0 aromatic heterocycles. The van der Waals surface area contributed by atoms with Gasteiger partial charge in [0, 0.05) is 6.04 Å². The van der Waals surface area contributed by atoms with Gasteiger partial charge in [-0.15, -0.1) is 0 Å². The number of rotatable bonds is 2. The number of hydrogen-bond donors (Lipinski definition) is 5. The van der Waals surface area contributed by atoms with Crippen molar-refractivity contribution in [3.05, 3.63) is 0 Å². The Morgan fingerprint density at radius 1 is 1.33 bits per heavy atom. The third kappa shape index (κ3) is 1.60. The Balaban J connectivity index is 2.58. The fourth-order valence-electron chi connectivity index (χ4n) is 1.46. The van der Waals surface area contributed by atoms with Crippen molar-refractivity contribution >= 4 is 0 Å². The van der Waals surface area contributed by atoms with Gasteiger partial charge in [0.15, 0.2) is 0 Å². The number of aliphatic hydroxyl groups is 4. The largest absolute Gasteiger partial charge is 0.394 e. The highest BCUT2D eigenvalue weighted by molar-refractivity contribution is 4.99. The first-order chi connectivity index (χ1) is 5.57. The summed E-state index contributed by atoms with van der Waals surface area (Å²) in [6.07, 6.45) is -2.92. The maximum atomic E-state index is 9.35. The summed E-state index contributed by atoms with van der Waals surface area (Å²) in [7, 11) is 0. The van der Waals surface area contributed by atoms with Crippen LogP contribution in [-0.4, -0.2) is 57.4 Å². The van der Waals surface area contributed by atoms with Gasteiger partial charge in [-0.3, -0.25) is 0 Å². The molecule has 0 bridgehead atoms. The van der Waals surface area contributed by atoms with Gasteiger partial charge in [0.25, 0.3) is 0 Å². The molecular formula is C7H15NO4. The van der Waals surface area contributed by atoms with Gasteiger partial charge in [-0.2, -0.15) is 0 Å². The normalized spacial score (nSPS) is 44.8. The van der Waals surface area contributed by atoms with E-state index in [0.29, 0.717) is 0 Å². The van der Waals surface area contributed by atoms with Crippen LogP contribution in [0, 0.1) is 0 Å². The molecule has 0 aromatic carbocycles. The molecular weight excluding hydrogens is 162 g/mol. The van der Waals surface area contributed by atoms with Gasteiger partial charge < -0.3 is 25.7 Å². The van der Waals surface area contributed by atoms with E-state index in [1.807, 2.05) is 0 Å². The zero-order chi connectivity index (χ0) is 9.30. The average Bonchev–Trinajstić information content (AvgIpc) is 2.32. The third-order valence-corrected chi connectivity index (χ3v) is 2.29. The van der Waals surface area contributed by atoms with Crippen molar-refractivity contribution in [3.8, 4) is 0 Å². The van der Waals surface area contributed by atoms with Crippen LogP contribution in [0.25, 0.3) is 0 Å². The molecule has 12 heavy (non-hydrogen) atoms. The maximum Gasteiger partial charge on any atom is 0.0993 e. The molecule has 1 aliphatic heterocycles. The summed E-state index contributed by atoms with van der Waals surface area (Å²) >= 11 is 0. The van der Waals surface area contributed by atoms with Crippen LogP contribution in [0.4, 0.5) is 0 Å². The summed E-state index contributed by atoms with van der Waals surface area (Å²) in [6, 6.07) is -0.897. The van der Waals surface area contributed by atoms with Crippen LogP contribution in [0.3, 0.4) is 0 Å². The van der Waals surface area contributed by atoms with E-state index in [2.05, 4.69) is 5.32 Å². The molecule has 1 saturated heterocycles.